The van der Waals surface area contributed by atoms with E-state index in [1.165, 1.54) is 55.3 Å². The van der Waals surface area contributed by atoms with Crippen LogP contribution in [0.2, 0.25) is 0 Å². The van der Waals surface area contributed by atoms with Gasteiger partial charge in [0.2, 0.25) is 0 Å². The number of nitrogens with zero attached hydrogens (tertiary/aromatic N) is 4. The summed E-state index contributed by atoms with van der Waals surface area (Å²) in [4.78, 5) is 22.5. The number of halogens is 6. The molecule has 114 heavy (non-hydrogen) atoms. The van der Waals surface area contributed by atoms with Gasteiger partial charge in [-0.25, -0.2) is 26.3 Å². The Hall–Kier alpha value is -8.66. The lowest BCUT2D eigenvalue weighted by Crippen LogP contribution is -2.61. The first kappa shape index (κ1) is 77.9. The van der Waals surface area contributed by atoms with Crippen LogP contribution in [0.4, 0.5) is 26.3 Å². The smallest absolute Gasteiger partial charge is 0.271 e. The van der Waals surface area contributed by atoms with Crippen molar-refractivity contribution in [1.82, 2.24) is 39.5 Å². The van der Waals surface area contributed by atoms with E-state index in [1.54, 1.807) is 19.0 Å². The zero-order chi connectivity index (χ0) is 79.3. The van der Waals surface area contributed by atoms with Crippen LogP contribution in [0.3, 0.4) is 0 Å². The summed E-state index contributed by atoms with van der Waals surface area (Å²) in [5, 5.41) is 4.94. The minimum atomic E-state index is -2.83. The Labute approximate surface area is 669 Å². The fourth-order valence-electron chi connectivity index (χ4n) is 24.4. The van der Waals surface area contributed by atoms with E-state index in [9.17, 15) is 0 Å². The molecule has 14 heteroatoms. The second-order valence-electron chi connectivity index (χ2n) is 36.3. The van der Waals surface area contributed by atoms with Gasteiger partial charge in [0.05, 0.1) is 16.5 Å². The van der Waals surface area contributed by atoms with E-state index >= 15 is 26.3 Å². The highest BCUT2D eigenvalue weighted by Crippen LogP contribution is 2.64. The minimum absolute atomic E-state index is 0.0552. The molecule has 4 spiro atoms. The molecule has 4 N–H and O–H groups in total. The number of aromatic nitrogens is 4. The quantitative estimate of drug-likeness (QED) is 0.114. The molecule has 0 aliphatic heterocycles. The topological polar surface area (TPSA) is 76.1 Å². The van der Waals surface area contributed by atoms with Crippen molar-refractivity contribution in [3.8, 4) is 0 Å². The molecule has 0 radical (unpaired) electrons. The van der Waals surface area contributed by atoms with Gasteiger partial charge >= 0.3 is 0 Å². The Morgan fingerprint density at radius 2 is 0.693 bits per heavy atom. The summed E-state index contributed by atoms with van der Waals surface area (Å²) < 4.78 is 97.3. The maximum atomic E-state index is 16.2. The average Bonchev–Trinajstić information content (AvgIpc) is 1.18. The summed E-state index contributed by atoms with van der Waals surface area (Å²) >= 11 is 0. The number of fused-ring (bicyclic) bond motifs is 16. The van der Waals surface area contributed by atoms with Crippen molar-refractivity contribution in [3.05, 3.63) is 286 Å². The van der Waals surface area contributed by atoms with Crippen molar-refractivity contribution in [2.24, 2.45) is 0 Å². The third-order valence-corrected chi connectivity index (χ3v) is 30.4. The first-order valence-electron chi connectivity index (χ1n) is 42.3. The number of H-pyrrole nitrogens is 4. The van der Waals surface area contributed by atoms with Crippen molar-refractivity contribution >= 4 is 43.6 Å². The van der Waals surface area contributed by atoms with Crippen LogP contribution in [0.25, 0.3) is 43.6 Å². The van der Waals surface area contributed by atoms with Gasteiger partial charge in [-0.1, -0.05) is 194 Å². The maximum Gasteiger partial charge on any atom is 0.271 e. The van der Waals surface area contributed by atoms with Crippen molar-refractivity contribution in [3.63, 3.8) is 0 Å². The van der Waals surface area contributed by atoms with Crippen LogP contribution in [0.5, 0.6) is 0 Å². The van der Waals surface area contributed by atoms with Gasteiger partial charge in [-0.05, 0) is 260 Å². The van der Waals surface area contributed by atoms with Gasteiger partial charge in [0.25, 0.3) is 11.8 Å². The van der Waals surface area contributed by atoms with E-state index in [0.29, 0.717) is 32.1 Å². The van der Waals surface area contributed by atoms with E-state index in [4.69, 9.17) is 0 Å². The number of hydrogen-bond acceptors (Lipinski definition) is 4. The summed E-state index contributed by atoms with van der Waals surface area (Å²) in [5.74, 6) is -5.62. The third kappa shape index (κ3) is 12.4. The van der Waals surface area contributed by atoms with Crippen LogP contribution in [-0.4, -0.2) is 120 Å². The Bertz CT molecular complexity index is 5400. The largest absolute Gasteiger partial charge is 0.358 e. The van der Waals surface area contributed by atoms with Gasteiger partial charge in [-0.3, -0.25) is 19.6 Å². The maximum absolute atomic E-state index is 16.2. The normalized spacial score (nSPS) is 29.4. The number of nitrogens with one attached hydrogen (secondary N) is 4. The standard InChI is InChI=1S/2C25H28F2N2.2C25H29FN2/c1-29(2)24(18-9-4-3-5-10-18)16-15-23(25(26,27)17-24)14-8-12-20-19-11-6-7-13-21(19)28-22(20)23;1-29(2)24(18-9-4-3-5-10-18)16-15-23(17-25(24,26)27)14-8-12-20-19-11-6-7-13-21(19)28-22(20)23;1-28(2)25(18-9-4-3-5-10-18)16-15-24(22(26)17-25)14-8-12-20-19-11-6-7-13-21(19)27-23(20)24;1-28(2)25(18-9-4-3-5-10-18)16-15-24(17-22(25)26)14-8-12-20-19-11-6-7-13-21(19)27-23(20)24/h2*3-7,9-11,13,28H,8,12,14-17H2,1-2H3;2*3-7,9-11,13,22,27H,8,12,14-17H2,1-2H3. The average molecular weight is 1540 g/mol. The highest BCUT2D eigenvalue weighted by Gasteiger charge is 2.66. The SMILES string of the molecule is CN(C)C1(c2ccccc2)CCC2(CCCc3c2[nH]c2ccccc32)C(F)(F)C1.CN(C)C1(c2ccccc2)CCC2(CCCc3c2[nH]c2ccccc32)C(F)C1.CN(C)C1(c2ccccc2)CCC2(CCCc3c2[nH]c2ccccc32)CC1(F)F.CN(C)C1(c2ccccc2)CCC2(CCCc3c2[nH]c2ccccc32)CC1F. The first-order chi connectivity index (χ1) is 54.9. The number of alkyl halides is 6. The minimum Gasteiger partial charge on any atom is -0.358 e. The molecule has 4 fully saturated rings. The second-order valence-corrected chi connectivity index (χ2v) is 36.3. The van der Waals surface area contributed by atoms with E-state index in [2.05, 4.69) is 147 Å². The van der Waals surface area contributed by atoms with Crippen LogP contribution in [-0.2, 0) is 69.5 Å². The third-order valence-electron chi connectivity index (χ3n) is 30.4. The molecule has 0 saturated heterocycles. The molecular weight excluding hydrogens is 1430 g/mol. The highest BCUT2D eigenvalue weighted by atomic mass is 19.3. The summed E-state index contributed by atoms with van der Waals surface area (Å²) in [7, 11) is 15.8. The van der Waals surface area contributed by atoms with Crippen LogP contribution in [0.15, 0.2) is 218 Å². The Morgan fingerprint density at radius 3 is 1.16 bits per heavy atom. The van der Waals surface area contributed by atoms with E-state index < -0.39 is 51.6 Å². The second kappa shape index (κ2) is 29.8. The van der Waals surface area contributed by atoms with Crippen LogP contribution < -0.4 is 0 Å². The molecule has 10 unspecified atom stereocenters. The van der Waals surface area contributed by atoms with Gasteiger partial charge in [0.1, 0.15) is 17.9 Å². The van der Waals surface area contributed by atoms with E-state index in [1.807, 2.05) is 148 Å². The number of hydrogen-bond donors (Lipinski definition) is 4. The summed E-state index contributed by atoms with van der Waals surface area (Å²) in [5.41, 5.74) is 13.4. The molecule has 10 atom stereocenters. The van der Waals surface area contributed by atoms with Crippen molar-refractivity contribution in [1.29, 1.82) is 0 Å². The molecule has 8 aromatic carbocycles. The van der Waals surface area contributed by atoms with Crippen LogP contribution in [0.1, 0.15) is 196 Å². The molecule has 0 amide bonds. The van der Waals surface area contributed by atoms with E-state index in [-0.39, 0.29) is 29.2 Å². The fourth-order valence-corrected chi connectivity index (χ4v) is 24.4. The van der Waals surface area contributed by atoms with Crippen molar-refractivity contribution < 1.29 is 26.3 Å². The molecule has 8 aliphatic rings. The lowest BCUT2D eigenvalue weighted by molar-refractivity contribution is -0.182. The zero-order valence-electron chi connectivity index (χ0n) is 68.0. The summed E-state index contributed by atoms with van der Waals surface area (Å²) in [6, 6.07) is 73.4. The van der Waals surface area contributed by atoms with Crippen molar-refractivity contribution in [2.45, 2.75) is 222 Å². The fraction of sp³-hybridized carbons (Fsp3) is 0.440. The van der Waals surface area contributed by atoms with Gasteiger partial charge in [0.15, 0.2) is 0 Å². The predicted molar refractivity (Wildman–Crippen MR) is 454 cm³/mol. The molecule has 0 bridgehead atoms. The number of para-hydroxylation sites is 4. The predicted octanol–water partition coefficient (Wildman–Crippen LogP) is 23.5. The molecule has 596 valence electrons. The number of benzene rings is 8. The van der Waals surface area contributed by atoms with E-state index in [0.717, 1.165) is 165 Å². The summed E-state index contributed by atoms with van der Waals surface area (Å²) in [6.07, 6.45) is 16.8. The molecular formula is C100H114F6N8. The molecule has 20 rings (SSSR count). The molecule has 4 heterocycles. The molecule has 4 saturated carbocycles. The highest BCUT2D eigenvalue weighted by molar-refractivity contribution is 5.88. The van der Waals surface area contributed by atoms with Crippen molar-refractivity contribution in [2.75, 3.05) is 56.4 Å². The number of aromatic amines is 4. The van der Waals surface area contributed by atoms with Crippen LogP contribution in [0, 0.1) is 0 Å². The molecule has 12 aromatic rings. The molecule has 8 aliphatic carbocycles. The first-order valence-corrected chi connectivity index (χ1v) is 42.3. The Morgan fingerprint density at radius 1 is 0.298 bits per heavy atom. The molecule has 4 aromatic heterocycles. The van der Waals surface area contributed by atoms with Gasteiger partial charge in [-0.15, -0.1) is 0 Å². The number of rotatable bonds is 8. The lowest BCUT2D eigenvalue weighted by Gasteiger charge is -2.55. The number of aryl methyl sites for hydroxylation is 4. The monoisotopic (exact) mass is 1540 g/mol. The lowest BCUT2D eigenvalue weighted by atomic mass is 9.57. The van der Waals surface area contributed by atoms with Crippen LogP contribution >= 0.6 is 0 Å². The van der Waals surface area contributed by atoms with Gasteiger partial charge < -0.3 is 19.9 Å². The van der Waals surface area contributed by atoms with Gasteiger partial charge in [-0.2, -0.15) is 0 Å². The Balaban J connectivity index is 0.000000110. The molecule has 8 nitrogen and oxygen atoms in total. The Kier molecular flexibility index (Phi) is 20.4. The zero-order valence-corrected chi connectivity index (χ0v) is 68.0. The van der Waals surface area contributed by atoms with Gasteiger partial charge in [0, 0.05) is 107 Å². The summed E-state index contributed by atoms with van der Waals surface area (Å²) in [6.45, 7) is 0.